The molecule has 2 atom stereocenters. The number of halogens is 1. The molecule has 2 aromatic heterocycles. The third-order valence-electron chi connectivity index (χ3n) is 5.62. The summed E-state index contributed by atoms with van der Waals surface area (Å²) in [6, 6.07) is 8.51. The van der Waals surface area contributed by atoms with Crippen LogP contribution in [0, 0.1) is 0 Å². The zero-order chi connectivity index (χ0) is 22.8. The minimum absolute atomic E-state index is 0.0685. The fraction of sp³-hybridized carbons (Fsp3) is 0.364. The van der Waals surface area contributed by atoms with Crippen LogP contribution in [0.2, 0.25) is 4.34 Å². The molecule has 168 valence electrons. The van der Waals surface area contributed by atoms with Crippen LogP contribution in [0.25, 0.3) is 10.9 Å². The molecule has 0 radical (unpaired) electrons. The minimum Gasteiger partial charge on any atom is -0.474 e. The molecule has 0 bridgehead atoms. The van der Waals surface area contributed by atoms with E-state index in [-0.39, 0.29) is 24.5 Å². The van der Waals surface area contributed by atoms with Gasteiger partial charge in [0.05, 0.1) is 9.85 Å². The molecule has 1 aliphatic rings. The second-order valence-electron chi connectivity index (χ2n) is 7.74. The van der Waals surface area contributed by atoms with Gasteiger partial charge in [-0.25, -0.2) is 9.97 Å². The van der Waals surface area contributed by atoms with Gasteiger partial charge in [0, 0.05) is 24.5 Å². The Labute approximate surface area is 194 Å². The fourth-order valence-corrected chi connectivity index (χ4v) is 4.84. The highest BCUT2D eigenvalue weighted by molar-refractivity contribution is 7.17. The van der Waals surface area contributed by atoms with Gasteiger partial charge in [-0.05, 0) is 43.2 Å². The molecule has 2 amide bonds. The maximum absolute atomic E-state index is 13.3. The number of carbonyl (C=O) groups is 2. The maximum Gasteiger partial charge on any atom is 0.261 e. The number of amides is 2. The van der Waals surface area contributed by atoms with Crippen LogP contribution in [0.3, 0.4) is 0 Å². The third-order valence-corrected chi connectivity index (χ3v) is 6.76. The van der Waals surface area contributed by atoms with E-state index in [1.165, 1.54) is 17.7 Å². The predicted octanol–water partition coefficient (Wildman–Crippen LogP) is 3.34. The van der Waals surface area contributed by atoms with E-state index < -0.39 is 6.04 Å². The molecule has 2 unspecified atom stereocenters. The van der Waals surface area contributed by atoms with Crippen molar-refractivity contribution in [1.82, 2.24) is 19.8 Å². The number of ether oxygens (including phenoxy) is 1. The van der Waals surface area contributed by atoms with Crippen LogP contribution in [0.4, 0.5) is 5.82 Å². The van der Waals surface area contributed by atoms with Crippen molar-refractivity contribution < 1.29 is 14.3 Å². The van der Waals surface area contributed by atoms with Gasteiger partial charge in [-0.2, -0.15) is 0 Å². The molecule has 10 heteroatoms. The first-order valence-corrected chi connectivity index (χ1v) is 11.5. The van der Waals surface area contributed by atoms with Crippen molar-refractivity contribution in [2.75, 3.05) is 18.9 Å². The SMILES string of the molecule is CCC1C(=O)N(Cc2ccc3c(N)ncnc3c2)C(C)CN1C(=O)COc1ccc(Cl)s1. The predicted molar refractivity (Wildman–Crippen MR) is 125 cm³/mol. The number of nitrogen functional groups attached to an aromatic ring is 1. The second-order valence-corrected chi connectivity index (χ2v) is 9.42. The van der Waals surface area contributed by atoms with E-state index in [0.29, 0.717) is 34.7 Å². The Morgan fingerprint density at radius 3 is 2.84 bits per heavy atom. The molecule has 32 heavy (non-hydrogen) atoms. The van der Waals surface area contributed by atoms with E-state index in [0.717, 1.165) is 16.5 Å². The summed E-state index contributed by atoms with van der Waals surface area (Å²) >= 11 is 7.18. The number of hydrogen-bond acceptors (Lipinski definition) is 7. The molecule has 0 aliphatic carbocycles. The summed E-state index contributed by atoms with van der Waals surface area (Å²) < 4.78 is 6.17. The molecule has 1 aliphatic heterocycles. The Balaban J connectivity index is 1.47. The first-order valence-electron chi connectivity index (χ1n) is 10.3. The van der Waals surface area contributed by atoms with Crippen molar-refractivity contribution in [1.29, 1.82) is 0 Å². The van der Waals surface area contributed by atoms with Crippen LogP contribution < -0.4 is 10.5 Å². The zero-order valence-corrected chi connectivity index (χ0v) is 19.4. The van der Waals surface area contributed by atoms with E-state index in [4.69, 9.17) is 22.1 Å². The molecule has 4 rings (SSSR count). The first kappa shape index (κ1) is 22.3. The van der Waals surface area contributed by atoms with Crippen molar-refractivity contribution in [3.05, 3.63) is 46.6 Å². The van der Waals surface area contributed by atoms with Crippen LogP contribution in [0.1, 0.15) is 25.8 Å². The highest BCUT2D eigenvalue weighted by atomic mass is 35.5. The number of thiophene rings is 1. The lowest BCUT2D eigenvalue weighted by molar-refractivity contribution is -0.156. The minimum atomic E-state index is -0.521. The number of fused-ring (bicyclic) bond motifs is 1. The molecule has 1 fully saturated rings. The van der Waals surface area contributed by atoms with Gasteiger partial charge in [0.2, 0.25) is 5.91 Å². The standard InChI is InChI=1S/C22H24ClN5O3S/c1-3-17-22(30)27(10-14-4-5-15-16(8-14)25-12-26-21(15)24)13(2)9-28(17)19(29)11-31-20-7-6-18(23)32-20/h4-8,12-13,17H,3,9-11H2,1-2H3,(H2,24,25,26). The normalized spacial score (nSPS) is 18.9. The van der Waals surface area contributed by atoms with Gasteiger partial charge in [-0.3, -0.25) is 9.59 Å². The maximum atomic E-state index is 13.3. The average molecular weight is 474 g/mol. The van der Waals surface area contributed by atoms with Crippen LogP contribution >= 0.6 is 22.9 Å². The van der Waals surface area contributed by atoms with Gasteiger partial charge in [-0.1, -0.05) is 35.9 Å². The monoisotopic (exact) mass is 473 g/mol. The van der Waals surface area contributed by atoms with Gasteiger partial charge >= 0.3 is 0 Å². The number of piperazine rings is 1. The zero-order valence-electron chi connectivity index (χ0n) is 17.8. The Morgan fingerprint density at radius 2 is 2.12 bits per heavy atom. The summed E-state index contributed by atoms with van der Waals surface area (Å²) in [5.74, 6) is 0.149. The number of benzene rings is 1. The number of nitrogens with two attached hydrogens (primary N) is 1. The summed E-state index contributed by atoms with van der Waals surface area (Å²) in [5.41, 5.74) is 7.59. The molecular formula is C22H24ClN5O3S. The highest BCUT2D eigenvalue weighted by Gasteiger charge is 2.39. The first-order chi connectivity index (χ1) is 15.4. The van der Waals surface area contributed by atoms with Gasteiger partial charge in [0.15, 0.2) is 11.7 Å². The Kier molecular flexibility index (Phi) is 6.48. The van der Waals surface area contributed by atoms with Crippen molar-refractivity contribution in [2.24, 2.45) is 0 Å². The number of carbonyl (C=O) groups excluding carboxylic acids is 2. The number of nitrogens with zero attached hydrogens (tertiary/aromatic N) is 4. The second kappa shape index (κ2) is 9.30. The largest absolute Gasteiger partial charge is 0.474 e. The fourth-order valence-electron chi connectivity index (χ4n) is 3.97. The Hall–Kier alpha value is -2.91. The van der Waals surface area contributed by atoms with Crippen molar-refractivity contribution >= 4 is 51.5 Å². The number of aromatic nitrogens is 2. The van der Waals surface area contributed by atoms with Crippen LogP contribution in [-0.2, 0) is 16.1 Å². The van der Waals surface area contributed by atoms with Crippen molar-refractivity contribution in [3.63, 3.8) is 0 Å². The highest BCUT2D eigenvalue weighted by Crippen LogP contribution is 2.29. The van der Waals surface area contributed by atoms with E-state index in [2.05, 4.69) is 9.97 Å². The molecule has 3 heterocycles. The van der Waals surface area contributed by atoms with Crippen molar-refractivity contribution in [2.45, 2.75) is 38.9 Å². The van der Waals surface area contributed by atoms with E-state index in [9.17, 15) is 9.59 Å². The van der Waals surface area contributed by atoms with Crippen LogP contribution in [0.5, 0.6) is 5.06 Å². The number of anilines is 1. The summed E-state index contributed by atoms with van der Waals surface area (Å²) in [6.45, 7) is 4.61. The smallest absolute Gasteiger partial charge is 0.261 e. The number of rotatable bonds is 6. The molecule has 8 nitrogen and oxygen atoms in total. The molecule has 1 aromatic carbocycles. The molecule has 0 spiro atoms. The van der Waals surface area contributed by atoms with Crippen LogP contribution in [0.15, 0.2) is 36.7 Å². The van der Waals surface area contributed by atoms with E-state index >= 15 is 0 Å². The Morgan fingerprint density at radius 1 is 1.31 bits per heavy atom. The van der Waals surface area contributed by atoms with E-state index in [1.807, 2.05) is 36.9 Å². The van der Waals surface area contributed by atoms with Gasteiger partial charge in [0.1, 0.15) is 18.2 Å². The summed E-state index contributed by atoms with van der Waals surface area (Å²) in [6.07, 6.45) is 1.96. The summed E-state index contributed by atoms with van der Waals surface area (Å²) in [7, 11) is 0. The summed E-state index contributed by atoms with van der Waals surface area (Å²) in [5, 5.41) is 1.36. The molecule has 2 N–H and O–H groups in total. The number of hydrogen-bond donors (Lipinski definition) is 1. The van der Waals surface area contributed by atoms with Gasteiger partial charge in [0.25, 0.3) is 5.91 Å². The van der Waals surface area contributed by atoms with Crippen LogP contribution in [-0.4, -0.2) is 56.8 Å². The Bertz CT molecular complexity index is 1150. The van der Waals surface area contributed by atoms with E-state index in [1.54, 1.807) is 17.0 Å². The lowest BCUT2D eigenvalue weighted by atomic mass is 10.0. The van der Waals surface area contributed by atoms with Gasteiger partial charge < -0.3 is 20.3 Å². The topological polar surface area (TPSA) is 102 Å². The molecular weight excluding hydrogens is 450 g/mol. The summed E-state index contributed by atoms with van der Waals surface area (Å²) in [4.78, 5) is 37.9. The van der Waals surface area contributed by atoms with Crippen molar-refractivity contribution in [3.8, 4) is 5.06 Å². The molecule has 0 saturated carbocycles. The average Bonchev–Trinajstić information content (AvgIpc) is 3.20. The third kappa shape index (κ3) is 4.49. The van der Waals surface area contributed by atoms with Gasteiger partial charge in [-0.15, -0.1) is 0 Å². The lowest BCUT2D eigenvalue weighted by Crippen LogP contribution is -2.62. The molecule has 1 saturated heterocycles. The molecule has 3 aromatic rings. The lowest BCUT2D eigenvalue weighted by Gasteiger charge is -2.44. The quantitative estimate of drug-likeness (QED) is 0.589.